The fourth-order valence-electron chi connectivity index (χ4n) is 2.00. The summed E-state index contributed by atoms with van der Waals surface area (Å²) >= 11 is 0. The smallest absolute Gasteiger partial charge is 0.0107 e. The molecule has 0 radical (unpaired) electrons. The van der Waals surface area contributed by atoms with Gasteiger partial charge in [-0.25, -0.2) is 0 Å². The van der Waals surface area contributed by atoms with Crippen molar-refractivity contribution in [2.45, 2.75) is 31.7 Å². The van der Waals surface area contributed by atoms with E-state index in [9.17, 15) is 0 Å². The Morgan fingerprint density at radius 2 is 2.00 bits per heavy atom. The van der Waals surface area contributed by atoms with Crippen LogP contribution in [0.4, 0.5) is 0 Å². The van der Waals surface area contributed by atoms with Crippen molar-refractivity contribution in [3.63, 3.8) is 0 Å². The molecule has 1 heterocycles. The third-order valence-electron chi connectivity index (χ3n) is 2.74. The van der Waals surface area contributed by atoms with Crippen LogP contribution in [-0.2, 0) is 6.42 Å². The fraction of sp³-hybridized carbons (Fsp3) is 0.500. The molecule has 0 spiro atoms. The lowest BCUT2D eigenvalue weighted by molar-refractivity contribution is 0.399. The number of benzene rings is 1. The number of piperidine rings is 1. The van der Waals surface area contributed by atoms with E-state index < -0.39 is 0 Å². The Morgan fingerprint density at radius 3 is 2.69 bits per heavy atom. The van der Waals surface area contributed by atoms with Crippen molar-refractivity contribution in [1.29, 1.82) is 0 Å². The molecular weight excluding hydrogens is 158 g/mol. The highest BCUT2D eigenvalue weighted by Gasteiger charge is 2.12. The molecular formula is C12H17N. The predicted molar refractivity (Wildman–Crippen MR) is 55.8 cm³/mol. The topological polar surface area (TPSA) is 12.0 Å². The summed E-state index contributed by atoms with van der Waals surface area (Å²) in [6.45, 7) is 1.21. The van der Waals surface area contributed by atoms with Gasteiger partial charge in [-0.2, -0.15) is 0 Å². The van der Waals surface area contributed by atoms with Crippen molar-refractivity contribution in [2.24, 2.45) is 0 Å². The summed E-state index contributed by atoms with van der Waals surface area (Å²) in [5.41, 5.74) is 1.46. The summed E-state index contributed by atoms with van der Waals surface area (Å²) < 4.78 is 0. The molecule has 70 valence electrons. The van der Waals surface area contributed by atoms with E-state index in [0.717, 1.165) is 6.04 Å². The molecule has 1 heteroatoms. The second kappa shape index (κ2) is 4.43. The van der Waals surface area contributed by atoms with Gasteiger partial charge in [-0.15, -0.1) is 0 Å². The lowest BCUT2D eigenvalue weighted by Crippen LogP contribution is -2.35. The van der Waals surface area contributed by atoms with E-state index in [2.05, 4.69) is 35.6 Å². The van der Waals surface area contributed by atoms with Crippen molar-refractivity contribution >= 4 is 0 Å². The van der Waals surface area contributed by atoms with E-state index in [0.29, 0.717) is 0 Å². The first kappa shape index (κ1) is 8.76. The maximum atomic E-state index is 3.57. The Morgan fingerprint density at radius 1 is 1.15 bits per heavy atom. The van der Waals surface area contributed by atoms with Crippen LogP contribution in [0.3, 0.4) is 0 Å². The molecule has 0 saturated carbocycles. The molecule has 1 atom stereocenters. The van der Waals surface area contributed by atoms with Crippen LogP contribution in [0, 0.1) is 0 Å². The maximum Gasteiger partial charge on any atom is 0.0107 e. The number of hydrogen-bond donors (Lipinski definition) is 1. The molecule has 0 bridgehead atoms. The quantitative estimate of drug-likeness (QED) is 0.727. The average Bonchev–Trinajstić information content (AvgIpc) is 2.21. The molecule has 1 fully saturated rings. The molecule has 0 unspecified atom stereocenters. The van der Waals surface area contributed by atoms with Crippen molar-refractivity contribution in [3.8, 4) is 0 Å². The van der Waals surface area contributed by atoms with Gasteiger partial charge >= 0.3 is 0 Å². The molecule has 1 nitrogen and oxygen atoms in total. The monoisotopic (exact) mass is 175 g/mol. The standard InChI is InChI=1S/C12H17N/c1-2-6-11(7-3-1)10-12-8-4-5-9-13-12/h1-3,6-7,12-13H,4-5,8-10H2/t12-/m1/s1. The highest BCUT2D eigenvalue weighted by Crippen LogP contribution is 2.12. The molecule has 0 aromatic heterocycles. The SMILES string of the molecule is c1ccc(C[C@H]2CCCCN2)cc1. The molecule has 1 aliphatic heterocycles. The normalized spacial score (nSPS) is 22.9. The van der Waals surface area contributed by atoms with E-state index in [4.69, 9.17) is 0 Å². The molecule has 1 aromatic rings. The third-order valence-corrected chi connectivity index (χ3v) is 2.74. The van der Waals surface area contributed by atoms with Crippen LogP contribution in [0.25, 0.3) is 0 Å². The number of nitrogens with one attached hydrogen (secondary N) is 1. The van der Waals surface area contributed by atoms with E-state index >= 15 is 0 Å². The molecule has 1 N–H and O–H groups in total. The Bertz CT molecular complexity index is 237. The van der Waals surface area contributed by atoms with E-state index in [-0.39, 0.29) is 0 Å². The lowest BCUT2D eigenvalue weighted by atomic mass is 9.98. The first-order valence-electron chi connectivity index (χ1n) is 5.22. The summed E-state index contributed by atoms with van der Waals surface area (Å²) in [5, 5.41) is 3.57. The minimum absolute atomic E-state index is 0.719. The van der Waals surface area contributed by atoms with Crippen molar-refractivity contribution < 1.29 is 0 Å². The van der Waals surface area contributed by atoms with Gasteiger partial charge in [0, 0.05) is 6.04 Å². The molecule has 1 aromatic carbocycles. The summed E-state index contributed by atoms with van der Waals surface area (Å²) in [5.74, 6) is 0. The van der Waals surface area contributed by atoms with Gasteiger partial charge in [0.05, 0.1) is 0 Å². The van der Waals surface area contributed by atoms with Gasteiger partial charge in [0.15, 0.2) is 0 Å². The zero-order valence-electron chi connectivity index (χ0n) is 8.00. The minimum Gasteiger partial charge on any atom is -0.314 e. The average molecular weight is 175 g/mol. The molecule has 2 rings (SSSR count). The van der Waals surface area contributed by atoms with Crippen molar-refractivity contribution in [2.75, 3.05) is 6.54 Å². The summed E-state index contributed by atoms with van der Waals surface area (Å²) in [4.78, 5) is 0. The maximum absolute atomic E-state index is 3.57. The Balaban J connectivity index is 1.90. The summed E-state index contributed by atoms with van der Waals surface area (Å²) in [7, 11) is 0. The zero-order chi connectivity index (χ0) is 8.93. The van der Waals surface area contributed by atoms with Crippen LogP contribution in [0.5, 0.6) is 0 Å². The van der Waals surface area contributed by atoms with Gasteiger partial charge < -0.3 is 5.32 Å². The van der Waals surface area contributed by atoms with E-state index in [1.54, 1.807) is 0 Å². The molecule has 1 saturated heterocycles. The van der Waals surface area contributed by atoms with Crippen LogP contribution in [-0.4, -0.2) is 12.6 Å². The molecule has 13 heavy (non-hydrogen) atoms. The Kier molecular flexibility index (Phi) is 2.98. The second-order valence-corrected chi connectivity index (χ2v) is 3.84. The van der Waals surface area contributed by atoms with Gasteiger partial charge in [0.25, 0.3) is 0 Å². The second-order valence-electron chi connectivity index (χ2n) is 3.84. The molecule has 0 aliphatic carbocycles. The Hall–Kier alpha value is -0.820. The van der Waals surface area contributed by atoms with Crippen LogP contribution in [0.2, 0.25) is 0 Å². The predicted octanol–water partition coefficient (Wildman–Crippen LogP) is 2.37. The number of rotatable bonds is 2. The lowest BCUT2D eigenvalue weighted by Gasteiger charge is -2.23. The van der Waals surface area contributed by atoms with Crippen LogP contribution in [0.1, 0.15) is 24.8 Å². The first-order valence-corrected chi connectivity index (χ1v) is 5.22. The van der Waals surface area contributed by atoms with Crippen molar-refractivity contribution in [1.82, 2.24) is 5.32 Å². The highest BCUT2D eigenvalue weighted by molar-refractivity contribution is 5.15. The van der Waals surface area contributed by atoms with Crippen molar-refractivity contribution in [3.05, 3.63) is 35.9 Å². The Labute approximate surface area is 80.2 Å². The number of hydrogen-bond acceptors (Lipinski definition) is 1. The van der Waals surface area contributed by atoms with Gasteiger partial charge in [-0.05, 0) is 31.4 Å². The van der Waals surface area contributed by atoms with Gasteiger partial charge in [-0.1, -0.05) is 36.8 Å². The summed E-state index contributed by atoms with van der Waals surface area (Å²) in [6.07, 6.45) is 5.28. The largest absolute Gasteiger partial charge is 0.314 e. The highest BCUT2D eigenvalue weighted by atomic mass is 14.9. The van der Waals surface area contributed by atoms with Gasteiger partial charge in [-0.3, -0.25) is 0 Å². The van der Waals surface area contributed by atoms with E-state index in [1.807, 2.05) is 0 Å². The van der Waals surface area contributed by atoms with E-state index in [1.165, 1.54) is 37.8 Å². The first-order chi connectivity index (χ1) is 6.45. The van der Waals surface area contributed by atoms with Gasteiger partial charge in [0.2, 0.25) is 0 Å². The third kappa shape index (κ3) is 2.56. The molecule has 1 aliphatic rings. The minimum atomic E-state index is 0.719. The molecule has 0 amide bonds. The summed E-state index contributed by atoms with van der Waals surface area (Å²) in [6, 6.07) is 11.5. The van der Waals surface area contributed by atoms with Crippen LogP contribution in [0.15, 0.2) is 30.3 Å². The zero-order valence-corrected chi connectivity index (χ0v) is 8.00. The van der Waals surface area contributed by atoms with Crippen LogP contribution >= 0.6 is 0 Å². The van der Waals surface area contributed by atoms with Crippen LogP contribution < -0.4 is 5.32 Å². The fourth-order valence-corrected chi connectivity index (χ4v) is 2.00. The van der Waals surface area contributed by atoms with Gasteiger partial charge in [0.1, 0.15) is 0 Å².